The fraction of sp³-hybridized carbons (Fsp3) is 0.917. The van der Waals surface area contributed by atoms with Crippen LogP contribution in [0.1, 0.15) is 13.3 Å². The second-order valence-electron chi connectivity index (χ2n) is 5.09. The lowest BCUT2D eigenvalue weighted by Gasteiger charge is -2.24. The van der Waals surface area contributed by atoms with Gasteiger partial charge in [0.05, 0.1) is 24.9 Å². The van der Waals surface area contributed by atoms with Crippen LogP contribution in [-0.4, -0.2) is 70.6 Å². The van der Waals surface area contributed by atoms with Gasteiger partial charge in [-0.3, -0.25) is 4.79 Å². The third-order valence-corrected chi connectivity index (χ3v) is 4.15. The number of nitrogens with zero attached hydrogens (tertiary/aromatic N) is 1. The summed E-state index contributed by atoms with van der Waals surface area (Å²) < 4.78 is 27.6. The third kappa shape index (κ3) is 5.46. The summed E-state index contributed by atoms with van der Waals surface area (Å²) in [5.41, 5.74) is 0. The lowest BCUT2D eigenvalue weighted by atomic mass is 10.0. The van der Waals surface area contributed by atoms with Crippen LogP contribution in [-0.2, 0) is 19.4 Å². The zero-order chi connectivity index (χ0) is 14.5. The molecule has 2 atom stereocenters. The van der Waals surface area contributed by atoms with E-state index >= 15 is 0 Å². The van der Waals surface area contributed by atoms with Crippen molar-refractivity contribution in [2.24, 2.45) is 5.92 Å². The predicted octanol–water partition coefficient (Wildman–Crippen LogP) is -0.496. The fourth-order valence-corrected chi connectivity index (χ4v) is 2.63. The van der Waals surface area contributed by atoms with E-state index in [0.717, 1.165) is 13.0 Å². The molecule has 1 fully saturated rings. The minimum Gasteiger partial charge on any atom is -0.379 e. The lowest BCUT2D eigenvalue weighted by Crippen LogP contribution is -2.45. The van der Waals surface area contributed by atoms with Gasteiger partial charge in [-0.15, -0.1) is 0 Å². The maximum atomic E-state index is 12.2. The number of carbonyl (C=O) groups is 1. The average Bonchev–Trinajstić information content (AvgIpc) is 2.79. The lowest BCUT2D eigenvalue weighted by molar-refractivity contribution is -0.134. The first-order valence-corrected chi connectivity index (χ1v) is 8.65. The van der Waals surface area contributed by atoms with Crippen LogP contribution in [0, 0.1) is 5.92 Å². The van der Waals surface area contributed by atoms with E-state index in [0.29, 0.717) is 13.2 Å². The topological polar surface area (TPSA) is 75.7 Å². The Morgan fingerprint density at radius 3 is 2.68 bits per heavy atom. The number of ether oxygens (including phenoxy) is 1. The van der Waals surface area contributed by atoms with Crippen molar-refractivity contribution in [2.45, 2.75) is 19.4 Å². The molecule has 0 aromatic rings. The number of hydrogen-bond donors (Lipinski definition) is 1. The molecule has 2 unspecified atom stereocenters. The zero-order valence-corrected chi connectivity index (χ0v) is 12.7. The summed E-state index contributed by atoms with van der Waals surface area (Å²) >= 11 is 0. The van der Waals surface area contributed by atoms with Crippen molar-refractivity contribution in [1.29, 1.82) is 0 Å². The molecule has 1 amide bonds. The zero-order valence-electron chi connectivity index (χ0n) is 11.9. The Labute approximate surface area is 115 Å². The van der Waals surface area contributed by atoms with Crippen molar-refractivity contribution >= 4 is 15.7 Å². The summed E-state index contributed by atoms with van der Waals surface area (Å²) in [6.45, 7) is 4.09. The molecule has 1 N–H and O–H groups in total. The molecule has 7 heteroatoms. The summed E-state index contributed by atoms with van der Waals surface area (Å²) in [7, 11) is -1.40. The van der Waals surface area contributed by atoms with Crippen LogP contribution in [0.5, 0.6) is 0 Å². The normalized spacial score (nSPS) is 23.5. The van der Waals surface area contributed by atoms with E-state index in [1.807, 2.05) is 0 Å². The number of hydrogen-bond acceptors (Lipinski definition) is 5. The SMILES string of the molecule is CCCNC1COCC1C(=O)N(C)CCS(C)(=O)=O. The molecular formula is C12H24N2O4S. The Morgan fingerprint density at radius 1 is 1.42 bits per heavy atom. The van der Waals surface area contributed by atoms with E-state index in [4.69, 9.17) is 4.74 Å². The molecular weight excluding hydrogens is 268 g/mol. The molecule has 0 aromatic carbocycles. The summed E-state index contributed by atoms with van der Waals surface area (Å²) in [5.74, 6) is -0.263. The molecule has 0 bridgehead atoms. The van der Waals surface area contributed by atoms with Crippen molar-refractivity contribution in [3.8, 4) is 0 Å². The minimum atomic E-state index is -3.04. The predicted molar refractivity (Wildman–Crippen MR) is 73.7 cm³/mol. The molecule has 0 radical (unpaired) electrons. The summed E-state index contributed by atoms with van der Waals surface area (Å²) in [5, 5.41) is 3.30. The van der Waals surface area contributed by atoms with Crippen molar-refractivity contribution in [3.05, 3.63) is 0 Å². The maximum Gasteiger partial charge on any atom is 0.229 e. The van der Waals surface area contributed by atoms with Gasteiger partial charge in [-0.2, -0.15) is 0 Å². The molecule has 1 aliphatic heterocycles. The monoisotopic (exact) mass is 292 g/mol. The van der Waals surface area contributed by atoms with Gasteiger partial charge in [-0.05, 0) is 13.0 Å². The van der Waals surface area contributed by atoms with Gasteiger partial charge in [0.15, 0.2) is 0 Å². The number of nitrogens with one attached hydrogen (secondary N) is 1. The number of rotatable bonds is 7. The molecule has 1 aliphatic rings. The molecule has 0 spiro atoms. The van der Waals surface area contributed by atoms with Crippen LogP contribution >= 0.6 is 0 Å². The van der Waals surface area contributed by atoms with Crippen molar-refractivity contribution in [3.63, 3.8) is 0 Å². The van der Waals surface area contributed by atoms with E-state index in [9.17, 15) is 13.2 Å². The number of amides is 1. The molecule has 0 aromatic heterocycles. The van der Waals surface area contributed by atoms with Gasteiger partial charge >= 0.3 is 0 Å². The standard InChI is InChI=1S/C12H24N2O4S/c1-4-5-13-11-9-18-8-10(11)12(15)14(2)6-7-19(3,16)17/h10-11,13H,4-9H2,1-3H3. The smallest absolute Gasteiger partial charge is 0.229 e. The van der Waals surface area contributed by atoms with E-state index in [-0.39, 0.29) is 30.2 Å². The van der Waals surface area contributed by atoms with Gasteiger partial charge in [0, 0.05) is 25.9 Å². The van der Waals surface area contributed by atoms with Gasteiger partial charge < -0.3 is 15.0 Å². The summed E-state index contributed by atoms with van der Waals surface area (Å²) in [6.07, 6.45) is 2.18. The van der Waals surface area contributed by atoms with Gasteiger partial charge in [0.2, 0.25) is 5.91 Å². The van der Waals surface area contributed by atoms with Crippen LogP contribution in [0.25, 0.3) is 0 Å². The molecule has 0 saturated carbocycles. The quantitative estimate of drug-likeness (QED) is 0.685. The molecule has 6 nitrogen and oxygen atoms in total. The summed E-state index contributed by atoms with van der Waals surface area (Å²) in [6, 6.07) is 0.0353. The van der Waals surface area contributed by atoms with Crippen molar-refractivity contribution in [2.75, 3.05) is 45.4 Å². The molecule has 0 aliphatic carbocycles. The van der Waals surface area contributed by atoms with Crippen LogP contribution < -0.4 is 5.32 Å². The second kappa shape index (κ2) is 7.21. The van der Waals surface area contributed by atoms with E-state index < -0.39 is 9.84 Å². The van der Waals surface area contributed by atoms with E-state index in [2.05, 4.69) is 12.2 Å². The highest BCUT2D eigenvalue weighted by Gasteiger charge is 2.35. The average molecular weight is 292 g/mol. The van der Waals surface area contributed by atoms with E-state index in [1.165, 1.54) is 11.2 Å². The Balaban J connectivity index is 2.50. The number of carbonyl (C=O) groups excluding carboxylic acids is 1. The van der Waals surface area contributed by atoms with Crippen LogP contribution in [0.2, 0.25) is 0 Å². The van der Waals surface area contributed by atoms with Crippen molar-refractivity contribution < 1.29 is 17.9 Å². The van der Waals surface area contributed by atoms with Crippen LogP contribution in [0.15, 0.2) is 0 Å². The van der Waals surface area contributed by atoms with Gasteiger partial charge in [0.25, 0.3) is 0 Å². The van der Waals surface area contributed by atoms with E-state index in [1.54, 1.807) is 7.05 Å². The molecule has 112 valence electrons. The highest BCUT2D eigenvalue weighted by Crippen LogP contribution is 2.16. The Kier molecular flexibility index (Phi) is 6.22. The van der Waals surface area contributed by atoms with Gasteiger partial charge in [-0.1, -0.05) is 6.92 Å². The van der Waals surface area contributed by atoms with Crippen molar-refractivity contribution in [1.82, 2.24) is 10.2 Å². The second-order valence-corrected chi connectivity index (χ2v) is 7.35. The Morgan fingerprint density at radius 2 is 2.11 bits per heavy atom. The first kappa shape index (κ1) is 16.4. The maximum absolute atomic E-state index is 12.2. The highest BCUT2D eigenvalue weighted by molar-refractivity contribution is 7.90. The van der Waals surface area contributed by atoms with Crippen LogP contribution in [0.3, 0.4) is 0 Å². The minimum absolute atomic E-state index is 0.00409. The molecule has 1 saturated heterocycles. The number of sulfone groups is 1. The Hall–Kier alpha value is -0.660. The van der Waals surface area contributed by atoms with Crippen LogP contribution in [0.4, 0.5) is 0 Å². The highest BCUT2D eigenvalue weighted by atomic mass is 32.2. The Bertz CT molecular complexity index is 397. The first-order chi connectivity index (χ1) is 8.85. The third-order valence-electron chi connectivity index (χ3n) is 3.23. The summed E-state index contributed by atoms with van der Waals surface area (Å²) in [4.78, 5) is 13.7. The first-order valence-electron chi connectivity index (χ1n) is 6.59. The molecule has 19 heavy (non-hydrogen) atoms. The van der Waals surface area contributed by atoms with Gasteiger partial charge in [-0.25, -0.2) is 8.42 Å². The van der Waals surface area contributed by atoms with Gasteiger partial charge in [0.1, 0.15) is 9.84 Å². The molecule has 1 rings (SSSR count). The fourth-order valence-electron chi connectivity index (χ4n) is 2.02. The largest absolute Gasteiger partial charge is 0.379 e. The molecule has 1 heterocycles.